The number of rotatable bonds is 5. The molecule has 2 heterocycles. The Morgan fingerprint density at radius 1 is 1.25 bits per heavy atom. The quantitative estimate of drug-likeness (QED) is 0.696. The van der Waals surface area contributed by atoms with Crippen molar-refractivity contribution in [2.24, 2.45) is 0 Å². The van der Waals surface area contributed by atoms with Crippen LogP contribution in [0.4, 0.5) is 5.69 Å². The van der Waals surface area contributed by atoms with Gasteiger partial charge in [0.2, 0.25) is 11.8 Å². The van der Waals surface area contributed by atoms with Gasteiger partial charge in [0.25, 0.3) is 5.22 Å². The Kier molecular flexibility index (Phi) is 5.12. The van der Waals surface area contributed by atoms with Crippen molar-refractivity contribution in [2.45, 2.75) is 12.1 Å². The van der Waals surface area contributed by atoms with Crippen LogP contribution in [-0.4, -0.2) is 26.8 Å². The third-order valence-electron chi connectivity index (χ3n) is 3.12. The highest BCUT2D eigenvalue weighted by Crippen LogP contribution is 2.23. The molecule has 122 valence electrons. The average Bonchev–Trinajstić information content (AvgIpc) is 3.06. The number of nitrogens with one attached hydrogen (secondary N) is 1. The van der Waals surface area contributed by atoms with E-state index in [2.05, 4.69) is 20.5 Å². The van der Waals surface area contributed by atoms with Crippen molar-refractivity contribution in [3.63, 3.8) is 0 Å². The lowest BCUT2D eigenvalue weighted by Gasteiger charge is -2.05. The van der Waals surface area contributed by atoms with Crippen molar-refractivity contribution < 1.29 is 9.21 Å². The van der Waals surface area contributed by atoms with E-state index < -0.39 is 0 Å². The Hall–Kier alpha value is -2.38. The molecule has 2 aromatic heterocycles. The molecule has 0 aliphatic carbocycles. The molecule has 0 aliphatic rings. The third kappa shape index (κ3) is 4.12. The zero-order valence-electron chi connectivity index (χ0n) is 12.7. The zero-order valence-corrected chi connectivity index (χ0v) is 14.3. The van der Waals surface area contributed by atoms with Crippen LogP contribution in [0.15, 0.2) is 52.4 Å². The topological polar surface area (TPSA) is 80.9 Å². The highest BCUT2D eigenvalue weighted by molar-refractivity contribution is 7.99. The van der Waals surface area contributed by atoms with E-state index in [0.29, 0.717) is 21.8 Å². The van der Waals surface area contributed by atoms with Crippen molar-refractivity contribution in [2.75, 3.05) is 11.1 Å². The minimum absolute atomic E-state index is 0.156. The molecule has 1 N–H and O–H groups in total. The Morgan fingerprint density at radius 3 is 2.79 bits per heavy atom. The van der Waals surface area contributed by atoms with Crippen molar-refractivity contribution in [1.29, 1.82) is 0 Å². The summed E-state index contributed by atoms with van der Waals surface area (Å²) in [5.74, 6) is 0.373. The SMILES string of the molecule is Cc1ccc(NC(=O)CSc2nnc(-c3ccncc3)o2)cc1Cl. The van der Waals surface area contributed by atoms with Crippen molar-refractivity contribution >= 4 is 35.0 Å². The Labute approximate surface area is 147 Å². The number of carbonyl (C=O) groups is 1. The van der Waals surface area contributed by atoms with Gasteiger partial charge in [0, 0.05) is 28.7 Å². The highest BCUT2D eigenvalue weighted by Gasteiger charge is 2.11. The predicted octanol–water partition coefficient (Wildman–Crippen LogP) is 3.82. The van der Waals surface area contributed by atoms with Crippen LogP contribution in [0.25, 0.3) is 11.5 Å². The van der Waals surface area contributed by atoms with Crippen LogP contribution in [-0.2, 0) is 4.79 Å². The molecule has 0 aliphatic heterocycles. The number of nitrogens with zero attached hydrogens (tertiary/aromatic N) is 3. The number of thioether (sulfide) groups is 1. The normalized spacial score (nSPS) is 10.6. The van der Waals surface area contributed by atoms with Gasteiger partial charge in [0.05, 0.1) is 5.75 Å². The molecule has 0 atom stereocenters. The molecule has 8 heteroatoms. The fourth-order valence-corrected chi connectivity index (χ4v) is 2.62. The predicted molar refractivity (Wildman–Crippen MR) is 93.1 cm³/mol. The molecule has 0 saturated heterocycles. The lowest BCUT2D eigenvalue weighted by atomic mass is 10.2. The van der Waals surface area contributed by atoms with Gasteiger partial charge in [-0.15, -0.1) is 10.2 Å². The maximum atomic E-state index is 12.0. The van der Waals surface area contributed by atoms with E-state index in [4.69, 9.17) is 16.0 Å². The minimum atomic E-state index is -0.177. The summed E-state index contributed by atoms with van der Waals surface area (Å²) in [6.45, 7) is 1.90. The number of pyridine rings is 1. The molecule has 3 aromatic rings. The van der Waals surface area contributed by atoms with Crippen LogP contribution >= 0.6 is 23.4 Å². The van der Waals surface area contributed by atoms with Crippen LogP contribution in [0.1, 0.15) is 5.56 Å². The molecule has 0 unspecified atom stereocenters. The Balaban J connectivity index is 1.56. The lowest BCUT2D eigenvalue weighted by Crippen LogP contribution is -2.14. The number of amides is 1. The first kappa shape index (κ1) is 16.5. The van der Waals surface area contributed by atoms with Crippen LogP contribution < -0.4 is 5.32 Å². The molecular formula is C16H13ClN4O2S. The van der Waals surface area contributed by atoms with Crippen molar-refractivity contribution in [3.8, 4) is 11.5 Å². The molecule has 0 spiro atoms. The molecule has 1 amide bonds. The monoisotopic (exact) mass is 360 g/mol. The second kappa shape index (κ2) is 7.46. The van der Waals surface area contributed by atoms with Crippen LogP contribution in [0, 0.1) is 6.92 Å². The third-order valence-corrected chi connectivity index (χ3v) is 4.34. The molecule has 0 fully saturated rings. The highest BCUT2D eigenvalue weighted by atomic mass is 35.5. The van der Waals surface area contributed by atoms with Gasteiger partial charge in [0.1, 0.15) is 0 Å². The van der Waals surface area contributed by atoms with Crippen LogP contribution in [0.2, 0.25) is 5.02 Å². The Morgan fingerprint density at radius 2 is 2.04 bits per heavy atom. The molecule has 6 nitrogen and oxygen atoms in total. The first-order valence-electron chi connectivity index (χ1n) is 7.04. The minimum Gasteiger partial charge on any atom is -0.411 e. The van der Waals surface area contributed by atoms with E-state index in [0.717, 1.165) is 11.1 Å². The van der Waals surface area contributed by atoms with Crippen LogP contribution in [0.5, 0.6) is 0 Å². The van der Waals surface area contributed by atoms with Gasteiger partial charge in [0.15, 0.2) is 0 Å². The van der Waals surface area contributed by atoms with Gasteiger partial charge in [-0.25, -0.2) is 0 Å². The summed E-state index contributed by atoms with van der Waals surface area (Å²) in [4.78, 5) is 15.9. The maximum absolute atomic E-state index is 12.0. The van der Waals surface area contributed by atoms with Gasteiger partial charge in [-0.05, 0) is 36.8 Å². The number of hydrogen-bond acceptors (Lipinski definition) is 6. The summed E-state index contributed by atoms with van der Waals surface area (Å²) < 4.78 is 5.52. The zero-order chi connectivity index (χ0) is 16.9. The largest absolute Gasteiger partial charge is 0.411 e. The van der Waals surface area contributed by atoms with E-state index in [1.807, 2.05) is 13.0 Å². The van der Waals surface area contributed by atoms with Gasteiger partial charge in [-0.2, -0.15) is 0 Å². The van der Waals surface area contributed by atoms with Gasteiger partial charge in [-0.3, -0.25) is 9.78 Å². The molecule has 0 radical (unpaired) electrons. The van der Waals surface area contributed by atoms with E-state index >= 15 is 0 Å². The Bertz CT molecular complexity index is 854. The number of aromatic nitrogens is 3. The molecule has 1 aromatic carbocycles. The second-order valence-electron chi connectivity index (χ2n) is 4.91. The number of aryl methyl sites for hydroxylation is 1. The fraction of sp³-hybridized carbons (Fsp3) is 0.125. The number of carbonyl (C=O) groups excluding carboxylic acids is 1. The van der Waals surface area contributed by atoms with E-state index in [1.54, 1.807) is 36.7 Å². The number of anilines is 1. The second-order valence-corrected chi connectivity index (χ2v) is 6.24. The standard InChI is InChI=1S/C16H13ClN4O2S/c1-10-2-3-12(8-13(10)17)19-14(22)9-24-16-21-20-15(23-16)11-4-6-18-7-5-11/h2-8H,9H2,1H3,(H,19,22). The average molecular weight is 361 g/mol. The summed E-state index contributed by atoms with van der Waals surface area (Å²) in [5.41, 5.74) is 2.39. The lowest BCUT2D eigenvalue weighted by molar-refractivity contribution is -0.113. The molecule has 3 rings (SSSR count). The summed E-state index contributed by atoms with van der Waals surface area (Å²) in [6, 6.07) is 8.92. The van der Waals surface area contributed by atoms with Crippen LogP contribution in [0.3, 0.4) is 0 Å². The summed E-state index contributed by atoms with van der Waals surface area (Å²) in [5, 5.41) is 11.6. The number of hydrogen-bond donors (Lipinski definition) is 1. The van der Waals surface area contributed by atoms with Crippen molar-refractivity contribution in [1.82, 2.24) is 15.2 Å². The van der Waals surface area contributed by atoms with Crippen molar-refractivity contribution in [3.05, 3.63) is 53.3 Å². The fourth-order valence-electron chi connectivity index (χ4n) is 1.87. The summed E-state index contributed by atoms with van der Waals surface area (Å²) in [6.07, 6.45) is 3.29. The van der Waals surface area contributed by atoms with Gasteiger partial charge < -0.3 is 9.73 Å². The number of benzene rings is 1. The maximum Gasteiger partial charge on any atom is 0.277 e. The summed E-state index contributed by atoms with van der Waals surface area (Å²) >= 11 is 7.21. The smallest absolute Gasteiger partial charge is 0.277 e. The summed E-state index contributed by atoms with van der Waals surface area (Å²) in [7, 11) is 0. The van der Waals surface area contributed by atoms with Gasteiger partial charge in [-0.1, -0.05) is 29.4 Å². The molecule has 0 bridgehead atoms. The molecular weight excluding hydrogens is 348 g/mol. The number of halogens is 1. The molecule has 0 saturated carbocycles. The first-order chi connectivity index (χ1) is 11.6. The van der Waals surface area contributed by atoms with E-state index in [1.165, 1.54) is 11.8 Å². The van der Waals surface area contributed by atoms with Gasteiger partial charge >= 0.3 is 0 Å². The van der Waals surface area contributed by atoms with E-state index in [-0.39, 0.29) is 11.7 Å². The molecule has 24 heavy (non-hydrogen) atoms. The first-order valence-corrected chi connectivity index (χ1v) is 8.41. The van der Waals surface area contributed by atoms with E-state index in [9.17, 15) is 4.79 Å².